The number of ether oxygens (including phenoxy) is 1. The largest absolute Gasteiger partial charge is 0.465 e. The lowest BCUT2D eigenvalue weighted by molar-refractivity contribution is 0.310. The third-order valence-corrected chi connectivity index (χ3v) is 1.81. The Hall–Kier alpha value is -1.91. The van der Waals surface area contributed by atoms with Crippen molar-refractivity contribution in [3.63, 3.8) is 0 Å². The van der Waals surface area contributed by atoms with Crippen molar-refractivity contribution in [2.75, 3.05) is 6.61 Å². The number of carbonyl (C=O) groups is 1. The predicted octanol–water partition coefficient (Wildman–Crippen LogP) is 0.868. The third kappa shape index (κ3) is 1.22. The quantitative estimate of drug-likeness (QED) is 0.675. The van der Waals surface area contributed by atoms with E-state index in [0.29, 0.717) is 24.2 Å². The Morgan fingerprint density at radius 2 is 2.50 bits per heavy atom. The van der Waals surface area contributed by atoms with Crippen molar-refractivity contribution in [2.24, 2.45) is 0 Å². The highest BCUT2D eigenvalue weighted by Crippen LogP contribution is 2.17. The highest BCUT2D eigenvalue weighted by molar-refractivity contribution is 5.80. The van der Waals surface area contributed by atoms with Gasteiger partial charge in [0.15, 0.2) is 5.65 Å². The highest BCUT2D eigenvalue weighted by atomic mass is 16.5. The number of fused-ring (bicyclic) bond motifs is 1. The molecule has 2 heterocycles. The molecule has 0 radical (unpaired) electrons. The minimum absolute atomic E-state index is 0.288. The second-order valence-electron chi connectivity index (χ2n) is 2.65. The molecule has 0 saturated carbocycles. The molecule has 0 bridgehead atoms. The lowest BCUT2D eigenvalue weighted by Gasteiger charge is -1.99. The van der Waals surface area contributed by atoms with Crippen molar-refractivity contribution >= 4 is 17.6 Å². The molecule has 14 heavy (non-hydrogen) atoms. The van der Waals surface area contributed by atoms with E-state index in [1.807, 2.05) is 6.92 Å². The molecule has 5 heteroatoms. The van der Waals surface area contributed by atoms with E-state index in [4.69, 9.17) is 4.74 Å². The van der Waals surface area contributed by atoms with Crippen LogP contribution in [-0.4, -0.2) is 27.6 Å². The Bertz CT molecular complexity index is 464. The molecular weight excluding hydrogens is 182 g/mol. The van der Waals surface area contributed by atoms with E-state index in [9.17, 15) is 4.79 Å². The average Bonchev–Trinajstić information content (AvgIpc) is 2.55. The van der Waals surface area contributed by atoms with E-state index >= 15 is 0 Å². The molecule has 0 aromatic carbocycles. The van der Waals surface area contributed by atoms with Gasteiger partial charge in [0.25, 0.3) is 0 Å². The van der Waals surface area contributed by atoms with E-state index in [0.717, 1.165) is 0 Å². The molecule has 0 aliphatic heterocycles. The molecule has 0 spiro atoms. The smallest absolute Gasteiger partial charge is 0.305 e. The molecule has 2 aromatic rings. The first-order chi connectivity index (χ1) is 6.86. The van der Waals surface area contributed by atoms with Crippen LogP contribution >= 0.6 is 0 Å². The summed E-state index contributed by atoms with van der Waals surface area (Å²) >= 11 is 0. The van der Waals surface area contributed by atoms with E-state index in [1.54, 1.807) is 18.3 Å². The van der Waals surface area contributed by atoms with Crippen molar-refractivity contribution < 1.29 is 9.53 Å². The molecule has 0 aliphatic carbocycles. The van der Waals surface area contributed by atoms with Gasteiger partial charge in [-0.1, -0.05) is 0 Å². The van der Waals surface area contributed by atoms with Crippen LogP contribution in [0.5, 0.6) is 6.01 Å². The molecule has 72 valence electrons. The molecule has 0 N–H and O–H groups in total. The van der Waals surface area contributed by atoms with Crippen LogP contribution < -0.4 is 4.74 Å². The number of pyridine rings is 1. The molecule has 0 aliphatic rings. The van der Waals surface area contributed by atoms with Gasteiger partial charge in [-0.3, -0.25) is 4.79 Å². The summed E-state index contributed by atoms with van der Waals surface area (Å²) in [5, 5.41) is 0. The summed E-state index contributed by atoms with van der Waals surface area (Å²) in [7, 11) is 0. The van der Waals surface area contributed by atoms with Crippen LogP contribution in [0.25, 0.3) is 11.2 Å². The molecule has 2 rings (SSSR count). The van der Waals surface area contributed by atoms with Gasteiger partial charge in [0.1, 0.15) is 0 Å². The second kappa shape index (κ2) is 3.45. The summed E-state index contributed by atoms with van der Waals surface area (Å²) in [6, 6.07) is 3.81. The Kier molecular flexibility index (Phi) is 2.14. The van der Waals surface area contributed by atoms with Gasteiger partial charge in [-0.15, -0.1) is 0 Å². The van der Waals surface area contributed by atoms with E-state index < -0.39 is 0 Å². The zero-order chi connectivity index (χ0) is 9.97. The average molecular weight is 191 g/mol. The number of nitrogens with zero attached hydrogens (tertiary/aromatic N) is 3. The van der Waals surface area contributed by atoms with Crippen LogP contribution in [0, 0.1) is 0 Å². The van der Waals surface area contributed by atoms with E-state index in [1.165, 1.54) is 4.57 Å². The van der Waals surface area contributed by atoms with Gasteiger partial charge < -0.3 is 4.74 Å². The van der Waals surface area contributed by atoms with E-state index in [-0.39, 0.29) is 6.01 Å². The lowest BCUT2D eigenvalue weighted by atomic mass is 10.4. The minimum atomic E-state index is 0.288. The first kappa shape index (κ1) is 8.68. The summed E-state index contributed by atoms with van der Waals surface area (Å²) in [6.45, 7) is 2.30. The first-order valence-electron chi connectivity index (χ1n) is 4.28. The van der Waals surface area contributed by atoms with E-state index in [2.05, 4.69) is 9.97 Å². The SMILES string of the molecule is CCOc1nc2ncccc2n1C=O. The molecule has 0 saturated heterocycles. The van der Waals surface area contributed by atoms with Gasteiger partial charge >= 0.3 is 6.01 Å². The van der Waals surface area contributed by atoms with Gasteiger partial charge in [0.2, 0.25) is 6.41 Å². The lowest BCUT2D eigenvalue weighted by Crippen LogP contribution is -2.01. The monoisotopic (exact) mass is 191 g/mol. The van der Waals surface area contributed by atoms with Crippen molar-refractivity contribution in [1.29, 1.82) is 0 Å². The maximum Gasteiger partial charge on any atom is 0.305 e. The van der Waals surface area contributed by atoms with Crippen LogP contribution in [0.1, 0.15) is 6.92 Å². The van der Waals surface area contributed by atoms with Gasteiger partial charge in [0, 0.05) is 6.20 Å². The second-order valence-corrected chi connectivity index (χ2v) is 2.65. The van der Waals surface area contributed by atoms with Crippen LogP contribution in [0.3, 0.4) is 0 Å². The van der Waals surface area contributed by atoms with Crippen LogP contribution in [0.4, 0.5) is 0 Å². The van der Waals surface area contributed by atoms with Crippen LogP contribution in [0.2, 0.25) is 0 Å². The molecule has 2 aromatic heterocycles. The number of imidazole rings is 1. The molecule has 5 nitrogen and oxygen atoms in total. The topological polar surface area (TPSA) is 57.0 Å². The van der Waals surface area contributed by atoms with Gasteiger partial charge in [-0.2, -0.15) is 4.98 Å². The highest BCUT2D eigenvalue weighted by Gasteiger charge is 2.10. The number of aromatic nitrogens is 3. The molecule has 0 fully saturated rings. The predicted molar refractivity (Wildman–Crippen MR) is 50.8 cm³/mol. The number of hydrogen-bond donors (Lipinski definition) is 0. The van der Waals surface area contributed by atoms with Gasteiger partial charge in [-0.05, 0) is 19.1 Å². The fraction of sp³-hybridized carbons (Fsp3) is 0.222. The fourth-order valence-corrected chi connectivity index (χ4v) is 1.24. The van der Waals surface area contributed by atoms with Crippen molar-refractivity contribution in [1.82, 2.24) is 14.5 Å². The normalized spacial score (nSPS) is 10.4. The fourth-order valence-electron chi connectivity index (χ4n) is 1.24. The summed E-state index contributed by atoms with van der Waals surface area (Å²) in [5.74, 6) is 0. The Balaban J connectivity index is 2.65. The summed E-state index contributed by atoms with van der Waals surface area (Å²) in [5.41, 5.74) is 1.18. The van der Waals surface area contributed by atoms with Crippen LogP contribution in [-0.2, 0) is 4.79 Å². The number of carbonyl (C=O) groups excluding carboxylic acids is 1. The first-order valence-corrected chi connectivity index (χ1v) is 4.28. The van der Waals surface area contributed by atoms with Crippen molar-refractivity contribution in [3.8, 4) is 6.01 Å². The molecule has 0 amide bonds. The third-order valence-electron chi connectivity index (χ3n) is 1.81. The standard InChI is InChI=1S/C9H9N3O2/c1-2-14-9-11-8-7(12(9)6-13)4-3-5-10-8/h3-6H,2H2,1H3. The zero-order valence-electron chi connectivity index (χ0n) is 7.67. The minimum Gasteiger partial charge on any atom is -0.465 e. The number of rotatable bonds is 3. The van der Waals surface area contributed by atoms with Gasteiger partial charge in [0.05, 0.1) is 12.1 Å². The Morgan fingerprint density at radius 3 is 3.21 bits per heavy atom. The summed E-state index contributed by atoms with van der Waals surface area (Å²) in [4.78, 5) is 18.9. The maximum atomic E-state index is 10.8. The summed E-state index contributed by atoms with van der Waals surface area (Å²) < 4.78 is 6.53. The summed E-state index contributed by atoms with van der Waals surface area (Å²) in [6.07, 6.45) is 2.29. The Labute approximate surface area is 80.3 Å². The molecule has 0 unspecified atom stereocenters. The van der Waals surface area contributed by atoms with Crippen molar-refractivity contribution in [3.05, 3.63) is 18.3 Å². The maximum absolute atomic E-state index is 10.8. The molecule has 0 atom stereocenters. The number of hydrogen-bond acceptors (Lipinski definition) is 4. The Morgan fingerprint density at radius 1 is 1.64 bits per heavy atom. The molecular formula is C9H9N3O2. The van der Waals surface area contributed by atoms with Crippen LogP contribution in [0.15, 0.2) is 18.3 Å². The van der Waals surface area contributed by atoms with Crippen molar-refractivity contribution in [2.45, 2.75) is 6.92 Å². The zero-order valence-corrected chi connectivity index (χ0v) is 7.67. The van der Waals surface area contributed by atoms with Gasteiger partial charge in [-0.25, -0.2) is 9.55 Å².